The average molecular weight is 254 g/mol. The van der Waals surface area contributed by atoms with E-state index < -0.39 is 0 Å². The molecule has 0 spiro atoms. The molecule has 0 radical (unpaired) electrons. The van der Waals surface area contributed by atoms with Gasteiger partial charge in [-0.2, -0.15) is 0 Å². The second kappa shape index (κ2) is 8.68. The van der Waals surface area contributed by atoms with E-state index in [1.165, 1.54) is 25.8 Å². The predicted molar refractivity (Wildman–Crippen MR) is 78.0 cm³/mol. The normalized spacial score (nSPS) is 20.6. The molecule has 1 heterocycles. The molecule has 0 atom stereocenters. The summed E-state index contributed by atoms with van der Waals surface area (Å²) < 4.78 is 5.62. The SMILES string of the molecule is C=CCCOCCN1CCCNC(CC)(CC)C1. The molecule has 0 bridgehead atoms. The van der Waals surface area contributed by atoms with Gasteiger partial charge in [0.25, 0.3) is 0 Å². The quantitative estimate of drug-likeness (QED) is 0.532. The van der Waals surface area contributed by atoms with E-state index in [1.807, 2.05) is 6.08 Å². The van der Waals surface area contributed by atoms with E-state index in [0.717, 1.165) is 39.3 Å². The number of nitrogens with one attached hydrogen (secondary N) is 1. The Morgan fingerprint density at radius 1 is 1.33 bits per heavy atom. The topological polar surface area (TPSA) is 24.5 Å². The maximum atomic E-state index is 5.62. The van der Waals surface area contributed by atoms with Gasteiger partial charge in [0, 0.05) is 18.6 Å². The largest absolute Gasteiger partial charge is 0.380 e. The predicted octanol–water partition coefficient (Wildman–Crippen LogP) is 2.43. The fraction of sp³-hybridized carbons (Fsp3) is 0.867. The van der Waals surface area contributed by atoms with E-state index in [9.17, 15) is 0 Å². The molecule has 3 heteroatoms. The number of hydrogen-bond acceptors (Lipinski definition) is 3. The van der Waals surface area contributed by atoms with Crippen LogP contribution in [0.3, 0.4) is 0 Å². The van der Waals surface area contributed by atoms with Crippen LogP contribution in [0.2, 0.25) is 0 Å². The van der Waals surface area contributed by atoms with Crippen LogP contribution >= 0.6 is 0 Å². The average Bonchev–Trinajstić information content (AvgIpc) is 2.61. The minimum Gasteiger partial charge on any atom is -0.380 e. The molecule has 3 nitrogen and oxygen atoms in total. The summed E-state index contributed by atoms with van der Waals surface area (Å²) in [6.45, 7) is 14.5. The Morgan fingerprint density at radius 2 is 2.11 bits per heavy atom. The molecule has 1 fully saturated rings. The van der Waals surface area contributed by atoms with Crippen molar-refractivity contribution in [3.8, 4) is 0 Å². The first-order chi connectivity index (χ1) is 8.76. The lowest BCUT2D eigenvalue weighted by molar-refractivity contribution is 0.0971. The molecule has 1 aliphatic rings. The number of hydrogen-bond donors (Lipinski definition) is 1. The molecule has 1 N–H and O–H groups in total. The molecule has 0 aromatic rings. The highest BCUT2D eigenvalue weighted by Gasteiger charge is 2.29. The van der Waals surface area contributed by atoms with Gasteiger partial charge in [0.05, 0.1) is 13.2 Å². The third-order valence-electron chi connectivity index (χ3n) is 4.05. The van der Waals surface area contributed by atoms with E-state index in [2.05, 4.69) is 30.6 Å². The highest BCUT2D eigenvalue weighted by molar-refractivity contribution is 4.91. The van der Waals surface area contributed by atoms with Gasteiger partial charge in [0.15, 0.2) is 0 Å². The van der Waals surface area contributed by atoms with E-state index in [1.54, 1.807) is 0 Å². The van der Waals surface area contributed by atoms with Crippen molar-refractivity contribution < 1.29 is 4.74 Å². The Bertz CT molecular complexity index is 227. The van der Waals surface area contributed by atoms with Gasteiger partial charge in [0.1, 0.15) is 0 Å². The fourth-order valence-electron chi connectivity index (χ4n) is 2.60. The molecule has 0 aromatic heterocycles. The van der Waals surface area contributed by atoms with Gasteiger partial charge in [0.2, 0.25) is 0 Å². The van der Waals surface area contributed by atoms with Crippen molar-refractivity contribution >= 4 is 0 Å². The minimum atomic E-state index is 0.317. The first-order valence-electron chi connectivity index (χ1n) is 7.42. The minimum absolute atomic E-state index is 0.317. The zero-order chi connectivity index (χ0) is 13.3. The van der Waals surface area contributed by atoms with E-state index in [0.29, 0.717) is 5.54 Å². The van der Waals surface area contributed by atoms with Crippen LogP contribution < -0.4 is 5.32 Å². The van der Waals surface area contributed by atoms with Gasteiger partial charge in [-0.3, -0.25) is 4.90 Å². The second-order valence-electron chi connectivity index (χ2n) is 5.23. The van der Waals surface area contributed by atoms with Gasteiger partial charge >= 0.3 is 0 Å². The fourth-order valence-corrected chi connectivity index (χ4v) is 2.60. The molecule has 18 heavy (non-hydrogen) atoms. The monoisotopic (exact) mass is 254 g/mol. The summed E-state index contributed by atoms with van der Waals surface area (Å²) in [6, 6.07) is 0. The summed E-state index contributed by atoms with van der Waals surface area (Å²) in [5, 5.41) is 3.74. The molecule has 0 aliphatic carbocycles. The molecule has 106 valence electrons. The van der Waals surface area contributed by atoms with Crippen LogP contribution in [0.4, 0.5) is 0 Å². The molecule has 0 amide bonds. The molecule has 0 unspecified atom stereocenters. The third kappa shape index (κ3) is 5.09. The molecule has 1 saturated heterocycles. The van der Waals surface area contributed by atoms with Crippen LogP contribution in [0.25, 0.3) is 0 Å². The summed E-state index contributed by atoms with van der Waals surface area (Å²) in [7, 11) is 0. The molecular formula is C15H30N2O. The van der Waals surface area contributed by atoms with Crippen molar-refractivity contribution in [3.63, 3.8) is 0 Å². The van der Waals surface area contributed by atoms with Crippen LogP contribution in [0.1, 0.15) is 39.5 Å². The Labute approximate surface area is 113 Å². The Hall–Kier alpha value is -0.380. The summed E-state index contributed by atoms with van der Waals surface area (Å²) >= 11 is 0. The first-order valence-corrected chi connectivity index (χ1v) is 7.42. The maximum Gasteiger partial charge on any atom is 0.0593 e. The van der Waals surface area contributed by atoms with Gasteiger partial charge < -0.3 is 10.1 Å². The maximum absolute atomic E-state index is 5.62. The Kier molecular flexibility index (Phi) is 7.56. The highest BCUT2D eigenvalue weighted by Crippen LogP contribution is 2.19. The van der Waals surface area contributed by atoms with Crippen LogP contribution in [0.15, 0.2) is 12.7 Å². The zero-order valence-electron chi connectivity index (χ0n) is 12.2. The van der Waals surface area contributed by atoms with Crippen molar-refractivity contribution in [2.75, 3.05) is 39.4 Å². The summed E-state index contributed by atoms with van der Waals surface area (Å²) in [6.07, 6.45) is 6.52. The van der Waals surface area contributed by atoms with Crippen molar-refractivity contribution in [1.29, 1.82) is 0 Å². The van der Waals surface area contributed by atoms with Crippen LogP contribution in [-0.4, -0.2) is 49.8 Å². The summed E-state index contributed by atoms with van der Waals surface area (Å²) in [5.41, 5.74) is 0.317. The molecule has 1 rings (SSSR count). The number of ether oxygens (including phenoxy) is 1. The number of nitrogens with zero attached hydrogens (tertiary/aromatic N) is 1. The van der Waals surface area contributed by atoms with Gasteiger partial charge in [-0.15, -0.1) is 6.58 Å². The smallest absolute Gasteiger partial charge is 0.0593 e. The van der Waals surface area contributed by atoms with Crippen LogP contribution in [0, 0.1) is 0 Å². The lowest BCUT2D eigenvalue weighted by Crippen LogP contribution is -2.51. The van der Waals surface area contributed by atoms with Gasteiger partial charge in [-0.05, 0) is 38.8 Å². The van der Waals surface area contributed by atoms with Gasteiger partial charge in [-0.1, -0.05) is 19.9 Å². The lowest BCUT2D eigenvalue weighted by Gasteiger charge is -2.35. The molecular weight excluding hydrogens is 224 g/mol. The van der Waals surface area contributed by atoms with Crippen molar-refractivity contribution in [3.05, 3.63) is 12.7 Å². The van der Waals surface area contributed by atoms with E-state index >= 15 is 0 Å². The zero-order valence-corrected chi connectivity index (χ0v) is 12.2. The van der Waals surface area contributed by atoms with Crippen LogP contribution in [0.5, 0.6) is 0 Å². The molecule has 0 aromatic carbocycles. The third-order valence-corrected chi connectivity index (χ3v) is 4.05. The highest BCUT2D eigenvalue weighted by atomic mass is 16.5. The summed E-state index contributed by atoms with van der Waals surface area (Å²) in [5.74, 6) is 0. The Morgan fingerprint density at radius 3 is 2.78 bits per heavy atom. The molecule has 0 saturated carbocycles. The lowest BCUT2D eigenvalue weighted by atomic mass is 9.92. The number of rotatable bonds is 8. The standard InChI is InChI=1S/C15H30N2O/c1-4-7-12-18-13-11-17-10-8-9-16-15(5-2,6-3)14-17/h4,16H,1,5-14H2,2-3H3. The summed E-state index contributed by atoms with van der Waals surface area (Å²) in [4.78, 5) is 2.56. The van der Waals surface area contributed by atoms with E-state index in [4.69, 9.17) is 4.74 Å². The van der Waals surface area contributed by atoms with Gasteiger partial charge in [-0.25, -0.2) is 0 Å². The first kappa shape index (κ1) is 15.7. The van der Waals surface area contributed by atoms with Crippen molar-refractivity contribution in [2.45, 2.75) is 45.1 Å². The van der Waals surface area contributed by atoms with Crippen LogP contribution in [-0.2, 0) is 4.74 Å². The second-order valence-corrected chi connectivity index (χ2v) is 5.23. The van der Waals surface area contributed by atoms with Crippen molar-refractivity contribution in [1.82, 2.24) is 10.2 Å². The van der Waals surface area contributed by atoms with E-state index in [-0.39, 0.29) is 0 Å². The van der Waals surface area contributed by atoms with Crippen molar-refractivity contribution in [2.24, 2.45) is 0 Å². The Balaban J connectivity index is 2.32. The molecule has 1 aliphatic heterocycles.